The highest BCUT2D eigenvalue weighted by atomic mass is 35.5. The summed E-state index contributed by atoms with van der Waals surface area (Å²) in [6.07, 6.45) is 1.45. The van der Waals surface area contributed by atoms with E-state index < -0.39 is 0 Å². The molecule has 0 saturated heterocycles. The molecule has 2 rings (SSSR count). The van der Waals surface area contributed by atoms with Gasteiger partial charge in [0.25, 0.3) is 0 Å². The van der Waals surface area contributed by atoms with E-state index in [1.165, 1.54) is 13.1 Å². The summed E-state index contributed by atoms with van der Waals surface area (Å²) in [5, 5.41) is 4.98. The van der Waals surface area contributed by atoms with Gasteiger partial charge in [-0.2, -0.15) is 5.10 Å². The van der Waals surface area contributed by atoms with Crippen molar-refractivity contribution in [1.29, 1.82) is 0 Å². The van der Waals surface area contributed by atoms with Crippen molar-refractivity contribution in [3.63, 3.8) is 0 Å². The first-order valence-electron chi connectivity index (χ1n) is 5.54. The minimum atomic E-state index is -0.247. The fraction of sp³-hybridized carbons (Fsp3) is 0.154. The molecule has 1 heterocycles. The lowest BCUT2D eigenvalue weighted by Crippen LogP contribution is -2.12. The minimum absolute atomic E-state index is 0.247. The Morgan fingerprint density at radius 2 is 2.26 bits per heavy atom. The molecule has 5 nitrogen and oxygen atoms in total. The highest BCUT2D eigenvalue weighted by Crippen LogP contribution is 2.23. The zero-order valence-electron chi connectivity index (χ0n) is 10.5. The standard InChI is InChI=1S/C13H12ClN3O2/c1-8(18)17-15-7-10-5-9-6-11(19-2)3-4-12(9)16-13(10)14/h3-7H,1-2H3,(H,17,18)/b15-7-. The first-order chi connectivity index (χ1) is 9.10. The lowest BCUT2D eigenvalue weighted by atomic mass is 10.1. The van der Waals surface area contributed by atoms with Crippen LogP contribution in [0.2, 0.25) is 5.15 Å². The third-order valence-corrected chi connectivity index (χ3v) is 2.73. The molecule has 6 heteroatoms. The average molecular weight is 278 g/mol. The van der Waals surface area contributed by atoms with Gasteiger partial charge < -0.3 is 4.74 Å². The lowest BCUT2D eigenvalue weighted by molar-refractivity contribution is -0.118. The van der Waals surface area contributed by atoms with Crippen LogP contribution in [0.5, 0.6) is 5.75 Å². The second kappa shape index (κ2) is 5.67. The molecule has 1 amide bonds. The zero-order chi connectivity index (χ0) is 13.8. The molecule has 0 fully saturated rings. The number of carbonyl (C=O) groups excluding carboxylic acids is 1. The van der Waals surface area contributed by atoms with E-state index in [4.69, 9.17) is 16.3 Å². The van der Waals surface area contributed by atoms with Gasteiger partial charge in [0.1, 0.15) is 10.9 Å². The summed E-state index contributed by atoms with van der Waals surface area (Å²) >= 11 is 6.05. The van der Waals surface area contributed by atoms with Crippen LogP contribution in [0.4, 0.5) is 0 Å². The number of pyridine rings is 1. The Balaban J connectivity index is 2.41. The van der Waals surface area contributed by atoms with Gasteiger partial charge in [-0.15, -0.1) is 0 Å². The van der Waals surface area contributed by atoms with E-state index in [0.29, 0.717) is 10.7 Å². The Morgan fingerprint density at radius 3 is 2.95 bits per heavy atom. The Hall–Kier alpha value is -2.14. The van der Waals surface area contributed by atoms with Crippen LogP contribution in [-0.2, 0) is 4.79 Å². The van der Waals surface area contributed by atoms with Crippen LogP contribution in [0, 0.1) is 0 Å². The number of benzene rings is 1. The quantitative estimate of drug-likeness (QED) is 0.532. The van der Waals surface area contributed by atoms with Crippen molar-refractivity contribution in [1.82, 2.24) is 10.4 Å². The smallest absolute Gasteiger partial charge is 0.236 e. The summed E-state index contributed by atoms with van der Waals surface area (Å²) in [6, 6.07) is 7.33. The maximum absolute atomic E-state index is 10.7. The van der Waals surface area contributed by atoms with Crippen LogP contribution >= 0.6 is 11.6 Å². The number of hydrazone groups is 1. The third-order valence-electron chi connectivity index (χ3n) is 2.43. The van der Waals surface area contributed by atoms with E-state index in [1.807, 2.05) is 24.3 Å². The molecule has 0 aliphatic rings. The third kappa shape index (κ3) is 3.20. The van der Waals surface area contributed by atoms with Crippen molar-refractivity contribution >= 4 is 34.6 Å². The highest BCUT2D eigenvalue weighted by Gasteiger charge is 2.04. The van der Waals surface area contributed by atoms with Crippen molar-refractivity contribution in [2.24, 2.45) is 5.10 Å². The molecule has 0 atom stereocenters. The summed E-state index contributed by atoms with van der Waals surface area (Å²) in [7, 11) is 1.60. The molecule has 0 spiro atoms. The number of fused-ring (bicyclic) bond motifs is 1. The highest BCUT2D eigenvalue weighted by molar-refractivity contribution is 6.32. The number of nitrogens with zero attached hydrogens (tertiary/aromatic N) is 2. The molecular weight excluding hydrogens is 266 g/mol. The average Bonchev–Trinajstić information content (AvgIpc) is 2.38. The van der Waals surface area contributed by atoms with Crippen molar-refractivity contribution < 1.29 is 9.53 Å². The molecule has 0 aliphatic heterocycles. The Morgan fingerprint density at radius 1 is 1.47 bits per heavy atom. The van der Waals surface area contributed by atoms with Gasteiger partial charge in [-0.05, 0) is 24.3 Å². The summed E-state index contributed by atoms with van der Waals surface area (Å²) < 4.78 is 5.15. The number of methoxy groups -OCH3 is 1. The molecule has 0 aliphatic carbocycles. The van der Waals surface area contributed by atoms with Gasteiger partial charge in [-0.25, -0.2) is 10.4 Å². The number of hydrogen-bond donors (Lipinski definition) is 1. The molecule has 0 bridgehead atoms. The molecule has 98 valence electrons. The Bertz CT molecular complexity index is 656. The SMILES string of the molecule is COc1ccc2nc(Cl)c(/C=N\NC(C)=O)cc2c1. The first kappa shape index (κ1) is 13.3. The van der Waals surface area contributed by atoms with Crippen LogP contribution in [0.25, 0.3) is 10.9 Å². The Labute approximate surface area is 115 Å². The molecule has 1 aromatic heterocycles. The van der Waals surface area contributed by atoms with Gasteiger partial charge in [0.15, 0.2) is 0 Å². The fourth-order valence-corrected chi connectivity index (χ4v) is 1.75. The topological polar surface area (TPSA) is 63.6 Å². The molecule has 2 aromatic rings. The van der Waals surface area contributed by atoms with E-state index in [2.05, 4.69) is 15.5 Å². The normalized spacial score (nSPS) is 10.9. The molecule has 0 radical (unpaired) electrons. The van der Waals surface area contributed by atoms with Gasteiger partial charge in [-0.1, -0.05) is 11.6 Å². The molecule has 1 aromatic carbocycles. The van der Waals surface area contributed by atoms with E-state index in [0.717, 1.165) is 16.7 Å². The van der Waals surface area contributed by atoms with Crippen molar-refractivity contribution in [3.05, 3.63) is 35.0 Å². The van der Waals surface area contributed by atoms with Crippen molar-refractivity contribution in [2.75, 3.05) is 7.11 Å². The predicted octanol–water partition coefficient (Wildman–Crippen LogP) is 2.37. The summed E-state index contributed by atoms with van der Waals surface area (Å²) in [6.45, 7) is 1.38. The van der Waals surface area contributed by atoms with Gasteiger partial charge in [0, 0.05) is 17.9 Å². The zero-order valence-corrected chi connectivity index (χ0v) is 11.2. The Kier molecular flexibility index (Phi) is 3.97. The van der Waals surface area contributed by atoms with Gasteiger partial charge in [0.2, 0.25) is 5.91 Å². The second-order valence-electron chi connectivity index (χ2n) is 3.85. The molecule has 0 saturated carbocycles. The molecular formula is C13H12ClN3O2. The van der Waals surface area contributed by atoms with Gasteiger partial charge in [-0.3, -0.25) is 4.79 Å². The van der Waals surface area contributed by atoms with Crippen molar-refractivity contribution in [2.45, 2.75) is 6.92 Å². The van der Waals surface area contributed by atoms with Crippen LogP contribution in [0.3, 0.4) is 0 Å². The number of aromatic nitrogens is 1. The largest absolute Gasteiger partial charge is 0.497 e. The molecule has 1 N–H and O–H groups in total. The second-order valence-corrected chi connectivity index (χ2v) is 4.21. The number of hydrogen-bond acceptors (Lipinski definition) is 4. The molecule has 0 unspecified atom stereocenters. The number of rotatable bonds is 3. The summed E-state index contributed by atoms with van der Waals surface area (Å²) in [5.41, 5.74) is 3.70. The van der Waals surface area contributed by atoms with Crippen LogP contribution in [0.1, 0.15) is 12.5 Å². The maximum atomic E-state index is 10.7. The van der Waals surface area contributed by atoms with Crippen LogP contribution in [0.15, 0.2) is 29.4 Å². The monoisotopic (exact) mass is 277 g/mol. The molecule has 19 heavy (non-hydrogen) atoms. The minimum Gasteiger partial charge on any atom is -0.497 e. The lowest BCUT2D eigenvalue weighted by Gasteiger charge is -2.04. The van der Waals surface area contributed by atoms with E-state index in [9.17, 15) is 4.79 Å². The van der Waals surface area contributed by atoms with E-state index in [-0.39, 0.29) is 5.91 Å². The maximum Gasteiger partial charge on any atom is 0.236 e. The van der Waals surface area contributed by atoms with Crippen LogP contribution in [-0.4, -0.2) is 24.2 Å². The number of halogens is 1. The number of carbonyl (C=O) groups is 1. The number of amides is 1. The number of ether oxygens (including phenoxy) is 1. The van der Waals surface area contributed by atoms with E-state index in [1.54, 1.807) is 7.11 Å². The van der Waals surface area contributed by atoms with Crippen molar-refractivity contribution in [3.8, 4) is 5.75 Å². The van der Waals surface area contributed by atoms with Gasteiger partial charge >= 0.3 is 0 Å². The first-order valence-corrected chi connectivity index (χ1v) is 5.92. The number of nitrogens with one attached hydrogen (secondary N) is 1. The van der Waals surface area contributed by atoms with Gasteiger partial charge in [0.05, 0.1) is 18.8 Å². The van der Waals surface area contributed by atoms with E-state index >= 15 is 0 Å². The van der Waals surface area contributed by atoms with Crippen LogP contribution < -0.4 is 10.2 Å². The predicted molar refractivity (Wildman–Crippen MR) is 74.7 cm³/mol. The summed E-state index contributed by atoms with van der Waals surface area (Å²) in [4.78, 5) is 15.0. The summed E-state index contributed by atoms with van der Waals surface area (Å²) in [5.74, 6) is 0.490. The fourth-order valence-electron chi connectivity index (χ4n) is 1.56.